The molecule has 1 aromatic rings. The summed E-state index contributed by atoms with van der Waals surface area (Å²) >= 11 is 0. The minimum atomic E-state index is -1.22. The zero-order chi connectivity index (χ0) is 11.2. The number of allylic oxidation sites excluding steroid dienone is 4. The molecule has 0 aliphatic heterocycles. The molecule has 1 atom stereocenters. The van der Waals surface area contributed by atoms with Crippen molar-refractivity contribution in [3.05, 3.63) is 53.9 Å². The third kappa shape index (κ3) is 2.83. The van der Waals surface area contributed by atoms with E-state index >= 15 is 0 Å². The Morgan fingerprint density at radius 1 is 1.12 bits per heavy atom. The zero-order valence-electron chi connectivity index (χ0n) is 8.93. The highest BCUT2D eigenvalue weighted by molar-refractivity contribution is 7.64. The molecule has 1 aliphatic carbocycles. The van der Waals surface area contributed by atoms with Crippen molar-refractivity contribution in [1.82, 2.24) is 0 Å². The molecule has 0 saturated heterocycles. The van der Waals surface area contributed by atoms with Gasteiger partial charge in [-0.1, -0.05) is 60.4 Å². The Morgan fingerprint density at radius 2 is 1.94 bits per heavy atom. The van der Waals surface area contributed by atoms with Gasteiger partial charge in [0.05, 0.1) is 8.15 Å². The van der Waals surface area contributed by atoms with Crippen LogP contribution in [0.4, 0.5) is 0 Å². The average Bonchev–Trinajstić information content (AvgIpc) is 2.29. The van der Waals surface area contributed by atoms with Gasteiger partial charge in [-0.05, 0) is 5.31 Å². The molecular formula is C14H13OP. The molecule has 0 bridgehead atoms. The molecule has 1 aromatic carbocycles. The largest absolute Gasteiger partial charge is 0.364 e. The van der Waals surface area contributed by atoms with E-state index in [9.17, 15) is 4.89 Å². The molecule has 80 valence electrons. The van der Waals surface area contributed by atoms with Crippen molar-refractivity contribution < 1.29 is 4.89 Å². The van der Waals surface area contributed by atoms with Crippen LogP contribution in [0.15, 0.2) is 53.9 Å². The second-order valence-corrected chi connectivity index (χ2v) is 5.18. The highest BCUT2D eigenvalue weighted by atomic mass is 31.1. The smallest absolute Gasteiger partial charge is 0.0845 e. The van der Waals surface area contributed by atoms with Crippen LogP contribution in [0.2, 0.25) is 0 Å². The molecule has 0 spiro atoms. The number of hydrogen-bond acceptors (Lipinski definition) is 1. The predicted octanol–water partition coefficient (Wildman–Crippen LogP) is 2.94. The Morgan fingerprint density at radius 3 is 2.75 bits per heavy atom. The van der Waals surface area contributed by atoms with Gasteiger partial charge >= 0.3 is 0 Å². The van der Waals surface area contributed by atoms with Gasteiger partial charge in [-0.15, -0.1) is 0 Å². The topological polar surface area (TPSA) is 20.2 Å². The van der Waals surface area contributed by atoms with Crippen molar-refractivity contribution in [2.24, 2.45) is 0 Å². The Hall–Kier alpha value is -1.35. The van der Waals surface area contributed by atoms with Crippen molar-refractivity contribution in [2.45, 2.75) is 12.8 Å². The van der Waals surface area contributed by atoms with Crippen molar-refractivity contribution in [1.29, 1.82) is 0 Å². The molecule has 1 N–H and O–H groups in total. The monoisotopic (exact) mass is 228 g/mol. The van der Waals surface area contributed by atoms with Crippen molar-refractivity contribution >= 4 is 13.5 Å². The van der Waals surface area contributed by atoms with Gasteiger partial charge in [-0.2, -0.15) is 0 Å². The fraction of sp³-hybridized carbons (Fsp3) is 0.143. The molecule has 1 unspecified atom stereocenters. The van der Waals surface area contributed by atoms with E-state index < -0.39 is 8.15 Å². The standard InChI is InChI=1S/C14H13OP/c15-16(14-11-7-4-8-12-14)13-9-5-2-1-3-6-10-13/h2,4-5,7-9,11-12,15H,1,10H2/b5-2-,13-9+. The average molecular weight is 228 g/mol. The lowest BCUT2D eigenvalue weighted by Gasteiger charge is -2.12. The third-order valence-electron chi connectivity index (χ3n) is 2.31. The van der Waals surface area contributed by atoms with Gasteiger partial charge in [0.25, 0.3) is 0 Å². The Labute approximate surface area is 97.3 Å². The quantitative estimate of drug-likeness (QED) is 0.609. The van der Waals surface area contributed by atoms with E-state index in [0.717, 1.165) is 17.0 Å². The summed E-state index contributed by atoms with van der Waals surface area (Å²) in [5.41, 5.74) is 0. The minimum absolute atomic E-state index is 0.668. The van der Waals surface area contributed by atoms with Crippen LogP contribution in [-0.4, -0.2) is 4.89 Å². The van der Waals surface area contributed by atoms with E-state index in [1.165, 1.54) is 0 Å². The number of benzene rings is 1. The van der Waals surface area contributed by atoms with E-state index in [0.29, 0.717) is 6.42 Å². The molecular weight excluding hydrogens is 215 g/mol. The summed E-state index contributed by atoms with van der Waals surface area (Å²) in [5.74, 6) is 6.12. The molecule has 16 heavy (non-hydrogen) atoms. The minimum Gasteiger partial charge on any atom is -0.364 e. The first-order chi connectivity index (χ1) is 7.88. The van der Waals surface area contributed by atoms with Crippen LogP contribution >= 0.6 is 8.15 Å². The van der Waals surface area contributed by atoms with Crippen molar-refractivity contribution in [2.75, 3.05) is 0 Å². The van der Waals surface area contributed by atoms with Crippen LogP contribution in [0.1, 0.15) is 12.8 Å². The summed E-state index contributed by atoms with van der Waals surface area (Å²) in [6.45, 7) is 0. The molecule has 2 rings (SSSR count). The zero-order valence-corrected chi connectivity index (χ0v) is 9.82. The maximum Gasteiger partial charge on any atom is 0.0845 e. The van der Waals surface area contributed by atoms with E-state index in [1.54, 1.807) is 0 Å². The van der Waals surface area contributed by atoms with E-state index in [1.807, 2.05) is 48.6 Å². The summed E-state index contributed by atoms with van der Waals surface area (Å²) < 4.78 is 0. The van der Waals surface area contributed by atoms with Gasteiger partial charge in [0.15, 0.2) is 0 Å². The molecule has 0 heterocycles. The first-order valence-electron chi connectivity index (χ1n) is 5.23. The summed E-state index contributed by atoms with van der Waals surface area (Å²) in [7, 11) is -1.22. The van der Waals surface area contributed by atoms with Crippen molar-refractivity contribution in [3.8, 4) is 11.8 Å². The lowest BCUT2D eigenvalue weighted by atomic mass is 10.2. The van der Waals surface area contributed by atoms with Crippen LogP contribution in [0, 0.1) is 11.8 Å². The van der Waals surface area contributed by atoms with Gasteiger partial charge in [-0.25, -0.2) is 0 Å². The van der Waals surface area contributed by atoms with Crippen LogP contribution in [0.25, 0.3) is 0 Å². The summed E-state index contributed by atoms with van der Waals surface area (Å²) in [6, 6.07) is 9.78. The SMILES string of the molecule is OP(/C1=C/C=C\CC#CC1)c1ccccc1. The molecule has 0 amide bonds. The summed E-state index contributed by atoms with van der Waals surface area (Å²) in [6.07, 6.45) is 7.46. The second kappa shape index (κ2) is 5.66. The Kier molecular flexibility index (Phi) is 3.94. The first kappa shape index (κ1) is 11.1. The lowest BCUT2D eigenvalue weighted by Crippen LogP contribution is -2.00. The maximum atomic E-state index is 10.3. The van der Waals surface area contributed by atoms with Crippen LogP contribution in [0.3, 0.4) is 0 Å². The predicted molar refractivity (Wildman–Crippen MR) is 69.4 cm³/mol. The van der Waals surface area contributed by atoms with Gasteiger partial charge < -0.3 is 4.89 Å². The molecule has 0 saturated carbocycles. The molecule has 2 heteroatoms. The highest BCUT2D eigenvalue weighted by Crippen LogP contribution is 2.41. The molecule has 0 aromatic heterocycles. The number of rotatable bonds is 2. The summed E-state index contributed by atoms with van der Waals surface area (Å²) in [4.78, 5) is 10.3. The van der Waals surface area contributed by atoms with Crippen LogP contribution in [-0.2, 0) is 0 Å². The van der Waals surface area contributed by atoms with Gasteiger partial charge in [0.2, 0.25) is 0 Å². The molecule has 0 fully saturated rings. The third-order valence-corrected chi connectivity index (χ3v) is 3.95. The molecule has 1 aliphatic rings. The Balaban J connectivity index is 2.22. The van der Waals surface area contributed by atoms with Gasteiger partial charge in [0, 0.05) is 18.1 Å². The molecule has 0 radical (unpaired) electrons. The lowest BCUT2D eigenvalue weighted by molar-refractivity contribution is 0.640. The Bertz CT molecular complexity index is 463. The van der Waals surface area contributed by atoms with Crippen LogP contribution in [0.5, 0.6) is 0 Å². The van der Waals surface area contributed by atoms with Gasteiger partial charge in [0.1, 0.15) is 0 Å². The number of hydrogen-bond donors (Lipinski definition) is 1. The van der Waals surface area contributed by atoms with E-state index in [-0.39, 0.29) is 0 Å². The molecule has 1 nitrogen and oxygen atoms in total. The van der Waals surface area contributed by atoms with Crippen molar-refractivity contribution in [3.63, 3.8) is 0 Å². The fourth-order valence-corrected chi connectivity index (χ4v) is 2.71. The first-order valence-corrected chi connectivity index (χ1v) is 6.53. The normalized spacial score (nSPS) is 21.7. The maximum absolute atomic E-state index is 10.3. The van der Waals surface area contributed by atoms with Crippen LogP contribution < -0.4 is 5.30 Å². The van der Waals surface area contributed by atoms with E-state index in [2.05, 4.69) is 11.8 Å². The highest BCUT2D eigenvalue weighted by Gasteiger charge is 2.11. The van der Waals surface area contributed by atoms with E-state index in [4.69, 9.17) is 0 Å². The van der Waals surface area contributed by atoms with Gasteiger partial charge in [-0.3, -0.25) is 0 Å². The fourth-order valence-electron chi connectivity index (χ4n) is 1.47. The second-order valence-electron chi connectivity index (χ2n) is 3.47. The summed E-state index contributed by atoms with van der Waals surface area (Å²) in [5, 5.41) is 2.00.